The molecule has 0 aliphatic carbocycles. The molecule has 0 radical (unpaired) electrons. The summed E-state index contributed by atoms with van der Waals surface area (Å²) in [6.45, 7) is 1.98. The number of hydrogen-bond donors (Lipinski definition) is 1. The molecule has 1 aliphatic heterocycles. The second-order valence-corrected chi connectivity index (χ2v) is 7.96. The number of nitrogens with one attached hydrogen (secondary N) is 1. The van der Waals surface area contributed by atoms with E-state index in [0.717, 1.165) is 16.8 Å². The molecule has 9 heteroatoms. The lowest BCUT2D eigenvalue weighted by molar-refractivity contribution is -0.384. The molecular formula is C19H16N4O4S. The molecule has 8 nitrogen and oxygen atoms in total. The van der Waals surface area contributed by atoms with E-state index in [4.69, 9.17) is 0 Å². The highest BCUT2D eigenvalue weighted by Crippen LogP contribution is 2.31. The van der Waals surface area contributed by atoms with Gasteiger partial charge in [0.05, 0.1) is 27.8 Å². The van der Waals surface area contributed by atoms with Crippen molar-refractivity contribution in [3.05, 3.63) is 81.0 Å². The van der Waals surface area contributed by atoms with E-state index in [1.165, 1.54) is 24.3 Å². The number of nitro groups is 1. The Hall–Kier alpha value is -3.33. The Bertz CT molecular complexity index is 1100. The topological polar surface area (TPSA) is 107 Å². The van der Waals surface area contributed by atoms with Crippen LogP contribution in [0.25, 0.3) is 5.69 Å². The standard InChI is InChI=1S/C19H16N4O4S/c1-12-2-6-14(7-3-12)22-18(16-10-28(27)11-17(16)21-22)20-19(24)13-4-8-15(9-5-13)23(25)26/h2-9H,10-11H2,1H3,(H,20,24)/t28-/m0/s1. The number of aromatic nitrogens is 2. The minimum Gasteiger partial charge on any atom is -0.306 e. The molecule has 0 spiro atoms. The zero-order valence-corrected chi connectivity index (χ0v) is 15.7. The van der Waals surface area contributed by atoms with Gasteiger partial charge >= 0.3 is 0 Å². The number of fused-ring (bicyclic) bond motifs is 1. The molecule has 2 aromatic carbocycles. The number of aryl methyl sites for hydroxylation is 1. The molecule has 1 N–H and O–H groups in total. The van der Waals surface area contributed by atoms with E-state index in [1.807, 2.05) is 31.2 Å². The van der Waals surface area contributed by atoms with Gasteiger partial charge in [-0.2, -0.15) is 5.10 Å². The predicted octanol–water partition coefficient (Wildman–Crippen LogP) is 3.10. The number of carbonyl (C=O) groups excluding carboxylic acids is 1. The van der Waals surface area contributed by atoms with Crippen LogP contribution >= 0.6 is 0 Å². The summed E-state index contributed by atoms with van der Waals surface area (Å²) in [5.74, 6) is 0.753. The fourth-order valence-electron chi connectivity index (χ4n) is 3.04. The summed E-state index contributed by atoms with van der Waals surface area (Å²) in [4.78, 5) is 23.0. The molecule has 28 heavy (non-hydrogen) atoms. The van der Waals surface area contributed by atoms with Gasteiger partial charge in [0.25, 0.3) is 11.6 Å². The molecule has 0 unspecified atom stereocenters. The highest BCUT2D eigenvalue weighted by molar-refractivity contribution is 7.83. The average Bonchev–Trinajstić information content (AvgIpc) is 3.19. The summed E-state index contributed by atoms with van der Waals surface area (Å²) < 4.78 is 13.6. The molecule has 1 atom stereocenters. The van der Waals surface area contributed by atoms with Crippen molar-refractivity contribution in [1.82, 2.24) is 9.78 Å². The highest BCUT2D eigenvalue weighted by atomic mass is 32.2. The first-order valence-electron chi connectivity index (χ1n) is 8.51. The molecule has 0 saturated heterocycles. The smallest absolute Gasteiger partial charge is 0.269 e. The number of non-ortho nitro benzene ring substituents is 1. The third-order valence-electron chi connectivity index (χ3n) is 4.52. The van der Waals surface area contributed by atoms with Gasteiger partial charge in [-0.3, -0.25) is 19.1 Å². The average molecular weight is 396 g/mol. The van der Waals surface area contributed by atoms with Crippen LogP contribution in [-0.2, 0) is 22.3 Å². The summed E-state index contributed by atoms with van der Waals surface area (Å²) >= 11 is 0. The Morgan fingerprint density at radius 3 is 2.46 bits per heavy atom. The summed E-state index contributed by atoms with van der Waals surface area (Å²) in [5, 5.41) is 18.2. The predicted molar refractivity (Wildman–Crippen MR) is 105 cm³/mol. The van der Waals surface area contributed by atoms with Crippen molar-refractivity contribution in [3.8, 4) is 5.69 Å². The van der Waals surface area contributed by atoms with Gasteiger partial charge in [-0.1, -0.05) is 17.7 Å². The number of rotatable bonds is 4. The van der Waals surface area contributed by atoms with Gasteiger partial charge in [-0.05, 0) is 31.2 Å². The quantitative estimate of drug-likeness (QED) is 0.539. The maximum atomic E-state index is 12.7. The van der Waals surface area contributed by atoms with E-state index < -0.39 is 21.6 Å². The van der Waals surface area contributed by atoms with Gasteiger partial charge in [0.1, 0.15) is 5.82 Å². The molecule has 4 rings (SSSR count). The van der Waals surface area contributed by atoms with E-state index >= 15 is 0 Å². The third-order valence-corrected chi connectivity index (χ3v) is 5.73. The van der Waals surface area contributed by atoms with Crippen molar-refractivity contribution in [2.24, 2.45) is 0 Å². The lowest BCUT2D eigenvalue weighted by Crippen LogP contribution is -2.16. The van der Waals surface area contributed by atoms with Crippen molar-refractivity contribution >= 4 is 28.2 Å². The van der Waals surface area contributed by atoms with Crippen LogP contribution in [0.2, 0.25) is 0 Å². The fourth-order valence-corrected chi connectivity index (χ4v) is 4.31. The van der Waals surface area contributed by atoms with E-state index in [0.29, 0.717) is 23.0 Å². The van der Waals surface area contributed by atoms with Crippen molar-refractivity contribution < 1.29 is 13.9 Å². The Kier molecular flexibility index (Phi) is 4.52. The molecule has 0 bridgehead atoms. The maximum Gasteiger partial charge on any atom is 0.269 e. The SMILES string of the molecule is Cc1ccc(-n2nc3c(c2NC(=O)c2ccc([N+](=O)[O-])cc2)C[S@](=O)C3)cc1. The van der Waals surface area contributed by atoms with Crippen LogP contribution in [0.3, 0.4) is 0 Å². The number of anilines is 1. The largest absolute Gasteiger partial charge is 0.306 e. The Balaban J connectivity index is 1.70. The molecule has 0 fully saturated rings. The molecule has 0 saturated carbocycles. The zero-order chi connectivity index (χ0) is 19.8. The molecule has 3 aromatic rings. The van der Waals surface area contributed by atoms with E-state index in [1.54, 1.807) is 4.68 Å². The number of hydrogen-bond acceptors (Lipinski definition) is 5. The van der Waals surface area contributed by atoms with E-state index in [9.17, 15) is 19.1 Å². The van der Waals surface area contributed by atoms with Crippen LogP contribution in [0, 0.1) is 17.0 Å². The van der Waals surface area contributed by atoms with Gasteiger partial charge in [0.15, 0.2) is 0 Å². The van der Waals surface area contributed by atoms with Gasteiger partial charge in [-0.25, -0.2) is 4.68 Å². The van der Waals surface area contributed by atoms with Crippen molar-refractivity contribution in [1.29, 1.82) is 0 Å². The number of nitro benzene ring substituents is 1. The first kappa shape index (κ1) is 18.1. The maximum absolute atomic E-state index is 12.7. The second-order valence-electron chi connectivity index (χ2n) is 6.51. The van der Waals surface area contributed by atoms with Crippen molar-refractivity contribution in [2.45, 2.75) is 18.4 Å². The first-order valence-corrected chi connectivity index (χ1v) is 10.00. The Morgan fingerprint density at radius 1 is 1.14 bits per heavy atom. The lowest BCUT2D eigenvalue weighted by atomic mass is 10.2. The van der Waals surface area contributed by atoms with Gasteiger partial charge < -0.3 is 5.32 Å². The fraction of sp³-hybridized carbons (Fsp3) is 0.158. The van der Waals surface area contributed by atoms with Gasteiger partial charge in [0.2, 0.25) is 0 Å². The summed E-state index contributed by atoms with van der Waals surface area (Å²) in [6, 6.07) is 13.1. The van der Waals surface area contributed by atoms with Gasteiger partial charge in [0, 0.05) is 34.1 Å². The van der Waals surface area contributed by atoms with Crippen LogP contribution in [0.4, 0.5) is 11.5 Å². The van der Waals surface area contributed by atoms with Crippen molar-refractivity contribution in [2.75, 3.05) is 5.32 Å². The normalized spacial score (nSPS) is 15.2. The molecule has 2 heterocycles. The van der Waals surface area contributed by atoms with Crippen LogP contribution in [0.1, 0.15) is 27.2 Å². The minimum absolute atomic E-state index is 0.0856. The van der Waals surface area contributed by atoms with Gasteiger partial charge in [-0.15, -0.1) is 0 Å². The summed E-state index contributed by atoms with van der Waals surface area (Å²) in [7, 11) is -1.04. The van der Waals surface area contributed by atoms with Crippen LogP contribution in [-0.4, -0.2) is 24.8 Å². The first-order chi connectivity index (χ1) is 13.4. The molecule has 142 valence electrons. The highest BCUT2D eigenvalue weighted by Gasteiger charge is 2.28. The van der Waals surface area contributed by atoms with Crippen LogP contribution < -0.4 is 5.32 Å². The third kappa shape index (κ3) is 3.31. The minimum atomic E-state index is -1.04. The van der Waals surface area contributed by atoms with Crippen LogP contribution in [0.15, 0.2) is 48.5 Å². The number of amides is 1. The second kappa shape index (κ2) is 7.01. The van der Waals surface area contributed by atoms with E-state index in [-0.39, 0.29) is 11.3 Å². The Morgan fingerprint density at radius 2 is 1.82 bits per heavy atom. The number of carbonyl (C=O) groups is 1. The summed E-state index contributed by atoms with van der Waals surface area (Å²) in [6.07, 6.45) is 0. The molecule has 1 aliphatic rings. The monoisotopic (exact) mass is 396 g/mol. The lowest BCUT2D eigenvalue weighted by Gasteiger charge is -2.11. The summed E-state index contributed by atoms with van der Waals surface area (Å²) in [5.41, 5.74) is 3.55. The zero-order valence-electron chi connectivity index (χ0n) is 14.9. The van der Waals surface area contributed by atoms with Crippen LogP contribution in [0.5, 0.6) is 0 Å². The molecule has 1 aromatic heterocycles. The molecular weight excluding hydrogens is 380 g/mol. The Labute approximate surface area is 162 Å². The number of benzene rings is 2. The van der Waals surface area contributed by atoms with Crippen molar-refractivity contribution in [3.63, 3.8) is 0 Å². The molecule has 1 amide bonds. The number of nitrogens with zero attached hydrogens (tertiary/aromatic N) is 3. The van der Waals surface area contributed by atoms with E-state index in [2.05, 4.69) is 10.4 Å².